The van der Waals surface area contributed by atoms with E-state index in [1.807, 2.05) is 58.3 Å². The van der Waals surface area contributed by atoms with E-state index in [-0.39, 0.29) is 39.5 Å². The van der Waals surface area contributed by atoms with Crippen molar-refractivity contribution in [1.29, 1.82) is 0 Å². The molecule has 0 saturated carbocycles. The molecule has 124 heavy (non-hydrogen) atoms. The fourth-order valence-corrected chi connectivity index (χ4v) is 21.0. The van der Waals surface area contributed by atoms with Gasteiger partial charge in [-0.3, -0.25) is 0 Å². The lowest BCUT2D eigenvalue weighted by Gasteiger charge is -2.32. The molecule has 0 spiro atoms. The second-order valence-corrected chi connectivity index (χ2v) is 35.8. The molecule has 0 amide bonds. The van der Waals surface area contributed by atoms with Gasteiger partial charge in [-0.2, -0.15) is 0 Å². The maximum absolute atomic E-state index is 17.3. The number of nitrogens with one attached hydrogen (secondary N) is 1. The average Bonchev–Trinajstić information content (AvgIpc) is 1.54. The van der Waals surface area contributed by atoms with Gasteiger partial charge in [0.05, 0.1) is 39.8 Å². The Balaban J connectivity index is 0.000000158. The number of nitrogens with zero attached hydrogens (tertiary/aromatic N) is 2. The number of benzene rings is 20. The van der Waals surface area contributed by atoms with Crippen LogP contribution in [0.4, 0.5) is 71.8 Å². The van der Waals surface area contributed by atoms with Crippen molar-refractivity contribution < 1.29 is 26.3 Å². The zero-order valence-electron chi connectivity index (χ0n) is 68.4. The van der Waals surface area contributed by atoms with Crippen LogP contribution in [-0.2, 0) is 16.2 Å². The van der Waals surface area contributed by atoms with Crippen molar-refractivity contribution >= 4 is 142 Å². The van der Waals surface area contributed by atoms with Crippen molar-refractivity contribution in [2.45, 2.75) is 57.8 Å². The summed E-state index contributed by atoms with van der Waals surface area (Å²) in [4.78, 5) is 4.10. The summed E-state index contributed by atoms with van der Waals surface area (Å²) in [5.74, 6) is -2.29. The van der Waals surface area contributed by atoms with Crippen LogP contribution < -0.4 is 15.1 Å². The third-order valence-corrected chi connectivity index (χ3v) is 27.4. The molecule has 0 fully saturated rings. The lowest BCUT2D eigenvalue weighted by molar-refractivity contribution is 0.627. The first-order chi connectivity index (χ1) is 60.1. The van der Waals surface area contributed by atoms with Crippen LogP contribution in [-0.4, -0.2) is 0 Å². The largest absolute Gasteiger partial charge is 0.353 e. The summed E-state index contributed by atoms with van der Waals surface area (Å²) >= 11 is 7.30. The first-order valence-electron chi connectivity index (χ1n) is 41.5. The van der Waals surface area contributed by atoms with Crippen molar-refractivity contribution in [3.05, 3.63) is 429 Å². The number of anilines is 8. The topological polar surface area (TPSA) is 18.5 Å². The molecule has 0 unspecified atom stereocenters. The maximum atomic E-state index is 17.3. The van der Waals surface area contributed by atoms with Crippen LogP contribution in [0.25, 0.3) is 131 Å². The lowest BCUT2D eigenvalue weighted by atomic mass is 9.82. The minimum absolute atomic E-state index is 0.119. The van der Waals surface area contributed by atoms with E-state index in [2.05, 4.69) is 285 Å². The van der Waals surface area contributed by atoms with Crippen molar-refractivity contribution in [2.24, 2.45) is 0 Å². The summed E-state index contributed by atoms with van der Waals surface area (Å²) in [6.07, 6.45) is 0. The lowest BCUT2D eigenvalue weighted by Crippen LogP contribution is -2.17. The number of fused-ring (bicyclic) bond motifs is 9. The van der Waals surface area contributed by atoms with Crippen LogP contribution in [0.15, 0.2) is 361 Å². The fourth-order valence-electron chi connectivity index (χ4n) is 20.0. The molecule has 0 heterocycles. The molecule has 600 valence electrons. The Hall–Kier alpha value is -13.6. The van der Waals surface area contributed by atoms with Gasteiger partial charge in [0.25, 0.3) is 0 Å². The Morgan fingerprint density at radius 3 is 0.960 bits per heavy atom. The summed E-state index contributed by atoms with van der Waals surface area (Å²) in [5.41, 5.74) is 21.9. The molecule has 0 aliphatic heterocycles. The van der Waals surface area contributed by atoms with Gasteiger partial charge < -0.3 is 15.1 Å². The summed E-state index contributed by atoms with van der Waals surface area (Å²) < 4.78 is 95.0. The van der Waals surface area contributed by atoms with Gasteiger partial charge in [0.1, 0.15) is 34.9 Å². The summed E-state index contributed by atoms with van der Waals surface area (Å²) in [6.45, 7) is 13.4. The summed E-state index contributed by atoms with van der Waals surface area (Å²) in [7, 11) is 0. The Morgan fingerprint density at radius 1 is 0.234 bits per heavy atom. The van der Waals surface area contributed by atoms with Crippen molar-refractivity contribution in [1.82, 2.24) is 0 Å². The van der Waals surface area contributed by atoms with E-state index in [0.717, 1.165) is 114 Å². The highest BCUT2D eigenvalue weighted by Gasteiger charge is 2.42. The zero-order chi connectivity index (χ0) is 84.9. The fraction of sp³-hybridized carbons (Fsp3) is 0.0796. The highest BCUT2D eigenvalue weighted by molar-refractivity contribution is 9.11. The molecular formula is C113H77Br2F6N3. The van der Waals surface area contributed by atoms with Crippen LogP contribution in [0.1, 0.15) is 74.9 Å². The van der Waals surface area contributed by atoms with E-state index in [0.29, 0.717) is 44.9 Å². The summed E-state index contributed by atoms with van der Waals surface area (Å²) in [6, 6.07) is 112. The van der Waals surface area contributed by atoms with E-state index >= 15 is 8.78 Å². The van der Waals surface area contributed by atoms with Crippen LogP contribution in [0.3, 0.4) is 0 Å². The second-order valence-electron chi connectivity index (χ2n) is 34.1. The van der Waals surface area contributed by atoms with Gasteiger partial charge in [0.15, 0.2) is 0 Å². The number of hydrogen-bond acceptors (Lipinski definition) is 3. The number of halogens is 8. The minimum atomic E-state index is -0.436. The van der Waals surface area contributed by atoms with Gasteiger partial charge in [-0.25, -0.2) is 26.3 Å². The molecule has 3 nitrogen and oxygen atoms in total. The minimum Gasteiger partial charge on any atom is -0.353 e. The van der Waals surface area contributed by atoms with Crippen LogP contribution in [0, 0.1) is 34.9 Å². The highest BCUT2D eigenvalue weighted by atomic mass is 79.9. The van der Waals surface area contributed by atoms with Gasteiger partial charge in [-0.1, -0.05) is 310 Å². The van der Waals surface area contributed by atoms with Crippen molar-refractivity contribution in [3.8, 4) is 66.8 Å². The van der Waals surface area contributed by atoms with Gasteiger partial charge in [0, 0.05) is 58.3 Å². The third-order valence-electron chi connectivity index (χ3n) is 26.0. The molecule has 0 bridgehead atoms. The monoisotopic (exact) mass is 1750 g/mol. The van der Waals surface area contributed by atoms with Gasteiger partial charge in [-0.05, 0) is 253 Å². The van der Waals surface area contributed by atoms with E-state index in [9.17, 15) is 17.6 Å². The van der Waals surface area contributed by atoms with E-state index < -0.39 is 11.6 Å². The first kappa shape index (κ1) is 77.7. The van der Waals surface area contributed by atoms with Crippen LogP contribution >= 0.6 is 31.9 Å². The average molecular weight is 1750 g/mol. The van der Waals surface area contributed by atoms with E-state index in [1.54, 1.807) is 42.5 Å². The number of hydrogen-bond donors (Lipinski definition) is 1. The quantitative estimate of drug-likeness (QED) is 0.103. The third kappa shape index (κ3) is 12.7. The Bertz CT molecular complexity index is 7420. The molecule has 11 heteroatoms. The van der Waals surface area contributed by atoms with Crippen molar-refractivity contribution in [3.63, 3.8) is 0 Å². The SMILES string of the molecule is Brc1ccc2ccc3c(Br)ccc4ccc1c2c43.CC1(C)c2ccccc2-c2c(N(c3cc(-c4cccc(F)c4)ccc3F)c3ccc4ccc5c(N(c6cc(-c7cccc(F)c7)ccc6F)c6cccc7c6-c6ccccc6C7(C)C)ccc6ccc3c4c65)cccc21.CC1(C)c2ccccc2-c2c(Nc3cc(-c4cccc(F)c4)ccc3F)cccc21. The molecule has 23 rings (SSSR count). The Morgan fingerprint density at radius 2 is 0.548 bits per heavy atom. The molecular weight excluding hydrogens is 1670 g/mol. The second kappa shape index (κ2) is 29.9. The number of rotatable bonds is 11. The maximum Gasteiger partial charge on any atom is 0.147 e. The van der Waals surface area contributed by atoms with E-state index in [4.69, 9.17) is 0 Å². The molecule has 0 saturated heterocycles. The smallest absolute Gasteiger partial charge is 0.147 e. The normalized spacial score (nSPS) is 13.4. The van der Waals surface area contributed by atoms with Crippen LogP contribution in [0.2, 0.25) is 0 Å². The standard InChI is InChI=1S/C70H48F4N2.C27H21F2N.C16H8Br2/c1-69(2)53-19-7-5-17-49(53)67-55(69)21-11-23-61(67)75(63-39-45(27-33-57(63)73)43-13-9-15-47(71)37-43)59-35-29-41-26-32-52-60(36-30-42-25-31-51(59)65(41)66(42)52)76(64-40-46(28-34-58(64)74)44-14-10-16-48(72)38-44)62-24-12-22-56-68(62)50-18-6-8-20-54(50)70(56,3)4;1-27(2)21-10-4-3-9-20(21)26-22(27)11-6-12-24(26)30-25-16-18(13-14-23(25)29)17-7-5-8-19(28)15-17;17-13-8-4-10-2-6-12-14(18)7-3-9-1-5-11(13)16(10)15(9)12/h5-40H,1-4H3;3-16,30H,1-2H3;1-8H. The van der Waals surface area contributed by atoms with E-state index in [1.165, 1.54) is 115 Å². The van der Waals surface area contributed by atoms with Gasteiger partial charge >= 0.3 is 0 Å². The first-order valence-corrected chi connectivity index (χ1v) is 43.1. The Kier molecular flexibility index (Phi) is 18.7. The molecule has 3 aliphatic rings. The predicted octanol–water partition coefficient (Wildman–Crippen LogP) is 33.8. The molecule has 0 aromatic heterocycles. The molecule has 20 aromatic carbocycles. The molecule has 3 aliphatic carbocycles. The van der Waals surface area contributed by atoms with Gasteiger partial charge in [-0.15, -0.1) is 0 Å². The molecule has 20 aromatic rings. The van der Waals surface area contributed by atoms with Crippen LogP contribution in [0.5, 0.6) is 0 Å². The molecule has 1 N–H and O–H groups in total. The predicted molar refractivity (Wildman–Crippen MR) is 510 cm³/mol. The highest BCUT2D eigenvalue weighted by Crippen LogP contribution is 2.60. The Labute approximate surface area is 731 Å². The molecule has 0 atom stereocenters. The zero-order valence-corrected chi connectivity index (χ0v) is 71.6. The summed E-state index contributed by atoms with van der Waals surface area (Å²) in [5, 5.41) is 16.8. The molecule has 0 radical (unpaired) electrons. The van der Waals surface area contributed by atoms with Gasteiger partial charge in [0.2, 0.25) is 0 Å². The van der Waals surface area contributed by atoms with Crippen molar-refractivity contribution in [2.75, 3.05) is 15.1 Å².